The normalized spacial score (nSPS) is 14.9. The molecule has 0 aliphatic carbocycles. The molecule has 3 aromatic carbocycles. The first-order valence-electron chi connectivity index (χ1n) is 10.0. The Hall–Kier alpha value is -3.19. The fourth-order valence-electron chi connectivity index (χ4n) is 3.14. The van der Waals surface area contributed by atoms with Gasteiger partial charge in [0, 0.05) is 17.2 Å². The molecule has 13 heteroatoms. The third-order valence-corrected chi connectivity index (χ3v) is 7.94. The second kappa shape index (κ2) is 10.4. The highest BCUT2D eigenvalue weighted by Gasteiger charge is 2.35. The largest absolute Gasteiger partial charge is 0.378 e. The van der Waals surface area contributed by atoms with E-state index < -0.39 is 26.2 Å². The molecule has 0 spiro atoms. The van der Waals surface area contributed by atoms with E-state index in [-0.39, 0.29) is 32.3 Å². The zero-order valence-electron chi connectivity index (χ0n) is 18.0. The highest BCUT2D eigenvalue weighted by atomic mass is 79.9. The van der Waals surface area contributed by atoms with Crippen molar-refractivity contribution < 1.29 is 27.1 Å². The van der Waals surface area contributed by atoms with Crippen molar-refractivity contribution in [3.63, 3.8) is 0 Å². The van der Waals surface area contributed by atoms with Gasteiger partial charge in [-0.05, 0) is 81.3 Å². The van der Waals surface area contributed by atoms with Gasteiger partial charge in [-0.25, -0.2) is 0 Å². The molecular formula is C23H14BrClN2O7S2. The summed E-state index contributed by atoms with van der Waals surface area (Å²) in [5.41, 5.74) is 1.03. The summed E-state index contributed by atoms with van der Waals surface area (Å²) in [6.07, 6.45) is 1.52. The average molecular weight is 610 g/mol. The van der Waals surface area contributed by atoms with Crippen LogP contribution in [-0.2, 0) is 21.5 Å². The van der Waals surface area contributed by atoms with Crippen LogP contribution in [0.4, 0.5) is 10.5 Å². The summed E-state index contributed by atoms with van der Waals surface area (Å²) in [5.74, 6) is -0.474. The number of benzene rings is 3. The molecule has 1 saturated heterocycles. The number of thioether (sulfide) groups is 1. The predicted molar refractivity (Wildman–Crippen MR) is 138 cm³/mol. The molecule has 0 saturated carbocycles. The minimum Gasteiger partial charge on any atom is -0.378 e. The van der Waals surface area contributed by atoms with Gasteiger partial charge >= 0.3 is 10.1 Å². The Kier molecular flexibility index (Phi) is 7.50. The SMILES string of the molecule is O=C1S/C(=C\c2ccc(OS(=O)(=O)c3ccc([N+](=O)[O-])cc3)c(Br)c2)C(=O)N1Cc1ccc(Cl)cc1. The summed E-state index contributed by atoms with van der Waals surface area (Å²) < 4.78 is 30.6. The van der Waals surface area contributed by atoms with E-state index in [0.717, 1.165) is 46.5 Å². The molecule has 0 unspecified atom stereocenters. The number of nitrogens with zero attached hydrogens (tertiary/aromatic N) is 2. The third kappa shape index (κ3) is 5.78. The highest BCUT2D eigenvalue weighted by Crippen LogP contribution is 2.35. The van der Waals surface area contributed by atoms with E-state index in [0.29, 0.717) is 10.6 Å². The van der Waals surface area contributed by atoms with Gasteiger partial charge in [0.1, 0.15) is 4.90 Å². The molecule has 0 atom stereocenters. The number of hydrogen-bond donors (Lipinski definition) is 0. The number of nitro groups is 1. The van der Waals surface area contributed by atoms with Gasteiger partial charge in [-0.1, -0.05) is 29.8 Å². The van der Waals surface area contributed by atoms with Gasteiger partial charge in [0.2, 0.25) is 0 Å². The molecule has 1 fully saturated rings. The molecule has 0 bridgehead atoms. The lowest BCUT2D eigenvalue weighted by atomic mass is 10.2. The monoisotopic (exact) mass is 608 g/mol. The van der Waals surface area contributed by atoms with Gasteiger partial charge in [0.25, 0.3) is 16.8 Å². The van der Waals surface area contributed by atoms with Gasteiger partial charge in [-0.3, -0.25) is 24.6 Å². The molecular weight excluding hydrogens is 596 g/mol. The summed E-state index contributed by atoms with van der Waals surface area (Å²) >= 11 is 9.93. The van der Waals surface area contributed by atoms with Gasteiger partial charge < -0.3 is 4.18 Å². The van der Waals surface area contributed by atoms with Crippen LogP contribution in [0, 0.1) is 10.1 Å². The number of hydrogen-bond acceptors (Lipinski definition) is 8. The van der Waals surface area contributed by atoms with Crippen LogP contribution in [0.5, 0.6) is 5.75 Å². The molecule has 2 amide bonds. The Morgan fingerprint density at radius 2 is 1.72 bits per heavy atom. The summed E-state index contributed by atoms with van der Waals surface area (Å²) in [4.78, 5) is 36.4. The number of carbonyl (C=O) groups is 2. The van der Waals surface area contributed by atoms with Gasteiger partial charge in [-0.2, -0.15) is 8.42 Å². The number of amides is 2. The van der Waals surface area contributed by atoms with Crippen LogP contribution in [0.3, 0.4) is 0 Å². The van der Waals surface area contributed by atoms with E-state index in [2.05, 4.69) is 15.9 Å². The van der Waals surface area contributed by atoms with Gasteiger partial charge in [0.15, 0.2) is 5.75 Å². The van der Waals surface area contributed by atoms with Gasteiger partial charge in [0.05, 0.1) is 20.8 Å². The maximum atomic E-state index is 12.8. The summed E-state index contributed by atoms with van der Waals surface area (Å²) in [7, 11) is -4.26. The number of non-ortho nitro benzene ring substituents is 1. The molecule has 3 aromatic rings. The molecule has 1 aliphatic heterocycles. The topological polar surface area (TPSA) is 124 Å². The van der Waals surface area contributed by atoms with Crippen LogP contribution in [0.2, 0.25) is 5.02 Å². The Morgan fingerprint density at radius 3 is 2.33 bits per heavy atom. The number of rotatable bonds is 7. The molecule has 0 aromatic heterocycles. The van der Waals surface area contributed by atoms with Crippen LogP contribution in [0.25, 0.3) is 6.08 Å². The van der Waals surface area contributed by atoms with Gasteiger partial charge in [-0.15, -0.1) is 0 Å². The van der Waals surface area contributed by atoms with Crippen LogP contribution in [0.15, 0.2) is 81.0 Å². The first-order chi connectivity index (χ1) is 17.0. The number of carbonyl (C=O) groups excluding carboxylic acids is 2. The van der Waals surface area contributed by atoms with Crippen molar-refractivity contribution in [2.75, 3.05) is 0 Å². The molecule has 184 valence electrons. The molecule has 1 heterocycles. The van der Waals surface area contributed by atoms with Crippen LogP contribution in [0.1, 0.15) is 11.1 Å². The number of nitro benzene ring substituents is 1. The van der Waals surface area contributed by atoms with Crippen molar-refractivity contribution in [3.05, 3.63) is 102 Å². The fourth-order valence-corrected chi connectivity index (χ4v) is 5.63. The molecule has 36 heavy (non-hydrogen) atoms. The van der Waals surface area contributed by atoms with Crippen molar-refractivity contribution in [2.45, 2.75) is 11.4 Å². The van der Waals surface area contributed by atoms with Crippen LogP contribution < -0.4 is 4.18 Å². The zero-order valence-corrected chi connectivity index (χ0v) is 21.9. The average Bonchev–Trinajstić information content (AvgIpc) is 3.09. The van der Waals surface area contributed by atoms with Crippen LogP contribution >= 0.6 is 39.3 Å². The van der Waals surface area contributed by atoms with E-state index in [1.165, 1.54) is 24.3 Å². The van der Waals surface area contributed by atoms with E-state index >= 15 is 0 Å². The molecule has 9 nitrogen and oxygen atoms in total. The Balaban J connectivity index is 1.50. The van der Waals surface area contributed by atoms with Crippen LogP contribution in [-0.4, -0.2) is 29.4 Å². The lowest BCUT2D eigenvalue weighted by Crippen LogP contribution is -2.27. The quantitative estimate of drug-likeness (QED) is 0.138. The minimum atomic E-state index is -4.26. The van der Waals surface area contributed by atoms with Crippen molar-refractivity contribution in [1.29, 1.82) is 0 Å². The molecule has 1 aliphatic rings. The van der Waals surface area contributed by atoms with E-state index in [4.69, 9.17) is 15.8 Å². The molecule has 0 N–H and O–H groups in total. The number of halogens is 2. The Labute approximate surface area is 223 Å². The Bertz CT molecular complexity index is 1510. The fraction of sp³-hybridized carbons (Fsp3) is 0.0435. The van der Waals surface area contributed by atoms with E-state index in [1.807, 2.05) is 0 Å². The van der Waals surface area contributed by atoms with Crippen molar-refractivity contribution in [1.82, 2.24) is 4.90 Å². The maximum Gasteiger partial charge on any atom is 0.339 e. The smallest absolute Gasteiger partial charge is 0.339 e. The summed E-state index contributed by atoms with van der Waals surface area (Å²) in [6.45, 7) is 0.107. The molecule has 4 rings (SSSR count). The van der Waals surface area contributed by atoms with E-state index in [9.17, 15) is 28.1 Å². The van der Waals surface area contributed by atoms with Crippen molar-refractivity contribution in [2.24, 2.45) is 0 Å². The molecule has 0 radical (unpaired) electrons. The first-order valence-corrected chi connectivity index (χ1v) is 13.4. The zero-order chi connectivity index (χ0) is 26.0. The first kappa shape index (κ1) is 25.9. The minimum absolute atomic E-state index is 0.0265. The van der Waals surface area contributed by atoms with Crippen molar-refractivity contribution in [3.8, 4) is 5.75 Å². The lowest BCUT2D eigenvalue weighted by Gasteiger charge is -2.12. The number of imide groups is 1. The third-order valence-electron chi connectivity index (χ3n) is 4.92. The maximum absolute atomic E-state index is 12.8. The lowest BCUT2D eigenvalue weighted by molar-refractivity contribution is -0.384. The van der Waals surface area contributed by atoms with E-state index in [1.54, 1.807) is 24.3 Å². The summed E-state index contributed by atoms with van der Waals surface area (Å²) in [6, 6.07) is 15.5. The second-order valence-corrected chi connectivity index (χ2v) is 11.2. The standard InChI is InChI=1S/C23H14BrClN2O7S2/c24-19-11-15(3-10-20(19)34-36(32,33)18-8-6-17(7-9-18)27(30)31)12-21-22(28)26(23(29)35-21)13-14-1-4-16(25)5-2-14/h1-12H,13H2/b21-12-. The Morgan fingerprint density at radius 1 is 1.06 bits per heavy atom. The summed E-state index contributed by atoms with van der Waals surface area (Å²) in [5, 5.41) is 10.9. The second-order valence-electron chi connectivity index (χ2n) is 7.37. The highest BCUT2D eigenvalue weighted by molar-refractivity contribution is 9.10. The predicted octanol–water partition coefficient (Wildman–Crippen LogP) is 6.01. The van der Waals surface area contributed by atoms with Crippen molar-refractivity contribution >= 4 is 72.3 Å².